The third kappa shape index (κ3) is 2.34. The zero-order chi connectivity index (χ0) is 13.6. The Bertz CT molecular complexity index is 328. The van der Waals surface area contributed by atoms with Crippen LogP contribution in [0.15, 0.2) is 0 Å². The summed E-state index contributed by atoms with van der Waals surface area (Å²) in [7, 11) is 0. The van der Waals surface area contributed by atoms with E-state index >= 15 is 0 Å². The molecule has 19 heavy (non-hydrogen) atoms. The van der Waals surface area contributed by atoms with Crippen molar-refractivity contribution in [3.05, 3.63) is 0 Å². The molecule has 1 saturated carbocycles. The van der Waals surface area contributed by atoms with Crippen LogP contribution in [0.3, 0.4) is 0 Å². The van der Waals surface area contributed by atoms with E-state index in [-0.39, 0.29) is 5.54 Å². The molecule has 3 rings (SSSR count). The van der Waals surface area contributed by atoms with Crippen molar-refractivity contribution in [2.45, 2.75) is 76.5 Å². The lowest BCUT2D eigenvalue weighted by Crippen LogP contribution is -2.61. The zero-order valence-electron chi connectivity index (χ0n) is 12.9. The summed E-state index contributed by atoms with van der Waals surface area (Å²) < 4.78 is 0. The van der Waals surface area contributed by atoms with Crippen LogP contribution in [-0.4, -0.2) is 53.1 Å². The number of likely N-dealkylation sites (tertiary alicyclic amines) is 2. The Kier molecular flexibility index (Phi) is 3.65. The molecule has 2 N–H and O–H groups in total. The summed E-state index contributed by atoms with van der Waals surface area (Å²) in [6.07, 6.45) is 6.84. The molecule has 4 atom stereocenters. The molecule has 2 aliphatic heterocycles. The molecule has 2 saturated heterocycles. The Balaban J connectivity index is 1.79. The van der Waals surface area contributed by atoms with E-state index in [1.165, 1.54) is 45.2 Å². The number of hydrogen-bond acceptors (Lipinski definition) is 3. The maximum Gasteiger partial charge on any atom is 0.0476 e. The van der Waals surface area contributed by atoms with Crippen LogP contribution >= 0.6 is 0 Å². The second kappa shape index (κ2) is 5.01. The number of piperidine rings is 1. The van der Waals surface area contributed by atoms with E-state index in [9.17, 15) is 0 Å². The number of nitrogens with zero attached hydrogens (tertiary/aromatic N) is 2. The highest BCUT2D eigenvalue weighted by molar-refractivity contribution is 5.08. The fourth-order valence-corrected chi connectivity index (χ4v) is 4.60. The van der Waals surface area contributed by atoms with Gasteiger partial charge in [-0.2, -0.15) is 0 Å². The molecular weight excluding hydrogens is 234 g/mol. The summed E-state index contributed by atoms with van der Waals surface area (Å²) in [4.78, 5) is 5.53. The monoisotopic (exact) mass is 265 g/mol. The fraction of sp³-hybridized carbons (Fsp3) is 1.00. The SMILES string of the molecule is CC1CCCN(C2(CN)CC(C)N(C3CC3)C2)C1C. The van der Waals surface area contributed by atoms with Crippen LogP contribution in [0.25, 0.3) is 0 Å². The van der Waals surface area contributed by atoms with E-state index in [1.54, 1.807) is 0 Å². The van der Waals surface area contributed by atoms with Gasteiger partial charge >= 0.3 is 0 Å². The molecule has 3 nitrogen and oxygen atoms in total. The van der Waals surface area contributed by atoms with Gasteiger partial charge in [0.1, 0.15) is 0 Å². The minimum atomic E-state index is 0.260. The Labute approximate surface area is 118 Å². The minimum absolute atomic E-state index is 0.260. The predicted octanol–water partition coefficient (Wildman–Crippen LogP) is 2.06. The molecule has 2 heterocycles. The van der Waals surface area contributed by atoms with E-state index in [4.69, 9.17) is 5.73 Å². The molecule has 3 heteroatoms. The van der Waals surface area contributed by atoms with Crippen molar-refractivity contribution in [3.63, 3.8) is 0 Å². The molecule has 3 aliphatic rings. The highest BCUT2D eigenvalue weighted by Gasteiger charge is 2.51. The topological polar surface area (TPSA) is 32.5 Å². The van der Waals surface area contributed by atoms with Gasteiger partial charge in [-0.15, -0.1) is 0 Å². The summed E-state index contributed by atoms with van der Waals surface area (Å²) in [5.74, 6) is 0.822. The molecule has 0 aromatic heterocycles. The van der Waals surface area contributed by atoms with Gasteiger partial charge in [0, 0.05) is 36.8 Å². The van der Waals surface area contributed by atoms with Crippen molar-refractivity contribution in [1.29, 1.82) is 0 Å². The van der Waals surface area contributed by atoms with Crippen LogP contribution in [0.2, 0.25) is 0 Å². The summed E-state index contributed by atoms with van der Waals surface area (Å²) in [6, 6.07) is 2.30. The van der Waals surface area contributed by atoms with Crippen LogP contribution in [0.1, 0.15) is 52.9 Å². The summed E-state index contributed by atoms with van der Waals surface area (Å²) >= 11 is 0. The first-order valence-corrected chi connectivity index (χ1v) is 8.30. The molecular formula is C16H31N3. The Hall–Kier alpha value is -0.120. The molecule has 1 aliphatic carbocycles. The van der Waals surface area contributed by atoms with Crippen molar-refractivity contribution in [1.82, 2.24) is 9.80 Å². The Morgan fingerprint density at radius 1 is 1.16 bits per heavy atom. The van der Waals surface area contributed by atoms with Gasteiger partial charge in [-0.05, 0) is 58.4 Å². The maximum atomic E-state index is 6.28. The van der Waals surface area contributed by atoms with E-state index < -0.39 is 0 Å². The van der Waals surface area contributed by atoms with Crippen LogP contribution in [0.4, 0.5) is 0 Å². The lowest BCUT2D eigenvalue weighted by molar-refractivity contribution is 0.00890. The number of hydrogen-bond donors (Lipinski definition) is 1. The quantitative estimate of drug-likeness (QED) is 0.848. The van der Waals surface area contributed by atoms with Crippen LogP contribution < -0.4 is 5.73 Å². The van der Waals surface area contributed by atoms with Gasteiger partial charge in [0.05, 0.1) is 0 Å². The predicted molar refractivity (Wildman–Crippen MR) is 80.2 cm³/mol. The molecule has 110 valence electrons. The fourth-order valence-electron chi connectivity index (χ4n) is 4.60. The largest absolute Gasteiger partial charge is 0.329 e. The molecule has 0 radical (unpaired) electrons. The second-order valence-electron chi connectivity index (χ2n) is 7.44. The van der Waals surface area contributed by atoms with Gasteiger partial charge in [-0.25, -0.2) is 0 Å². The Morgan fingerprint density at radius 2 is 1.89 bits per heavy atom. The van der Waals surface area contributed by atoms with Crippen molar-refractivity contribution in [3.8, 4) is 0 Å². The van der Waals surface area contributed by atoms with Crippen molar-refractivity contribution in [2.75, 3.05) is 19.6 Å². The standard InChI is InChI=1S/C16H31N3/c1-12-5-4-8-19(14(12)3)16(10-17)9-13(2)18(11-16)15-6-7-15/h12-15H,4-11,17H2,1-3H3. The van der Waals surface area contributed by atoms with E-state index in [1.807, 2.05) is 0 Å². The smallest absolute Gasteiger partial charge is 0.0476 e. The molecule has 4 unspecified atom stereocenters. The molecule has 0 spiro atoms. The average Bonchev–Trinajstić information content (AvgIpc) is 3.17. The molecule has 0 amide bonds. The van der Waals surface area contributed by atoms with Crippen molar-refractivity contribution < 1.29 is 0 Å². The number of rotatable bonds is 3. The van der Waals surface area contributed by atoms with Crippen molar-refractivity contribution >= 4 is 0 Å². The maximum absolute atomic E-state index is 6.28. The van der Waals surface area contributed by atoms with Gasteiger partial charge in [0.15, 0.2) is 0 Å². The van der Waals surface area contributed by atoms with Gasteiger partial charge in [-0.1, -0.05) is 6.92 Å². The zero-order valence-corrected chi connectivity index (χ0v) is 12.9. The minimum Gasteiger partial charge on any atom is -0.329 e. The first kappa shape index (κ1) is 13.8. The molecule has 0 bridgehead atoms. The van der Waals surface area contributed by atoms with E-state index in [2.05, 4.69) is 30.6 Å². The van der Waals surface area contributed by atoms with Crippen molar-refractivity contribution in [2.24, 2.45) is 11.7 Å². The summed E-state index contributed by atoms with van der Waals surface area (Å²) in [5, 5.41) is 0. The Morgan fingerprint density at radius 3 is 2.53 bits per heavy atom. The third-order valence-electron chi connectivity index (χ3n) is 6.10. The van der Waals surface area contributed by atoms with Gasteiger partial charge in [-0.3, -0.25) is 9.80 Å². The van der Waals surface area contributed by atoms with Crippen LogP contribution in [0, 0.1) is 5.92 Å². The normalized spacial score (nSPS) is 45.8. The van der Waals surface area contributed by atoms with Gasteiger partial charge in [0.25, 0.3) is 0 Å². The summed E-state index contributed by atoms with van der Waals surface area (Å²) in [5.41, 5.74) is 6.54. The molecule has 3 fully saturated rings. The van der Waals surface area contributed by atoms with E-state index in [0.29, 0.717) is 6.04 Å². The average molecular weight is 265 g/mol. The third-order valence-corrected chi connectivity index (χ3v) is 6.10. The lowest BCUT2D eigenvalue weighted by atomic mass is 9.84. The lowest BCUT2D eigenvalue weighted by Gasteiger charge is -2.49. The molecule has 0 aromatic carbocycles. The first-order chi connectivity index (χ1) is 9.07. The highest BCUT2D eigenvalue weighted by atomic mass is 15.3. The van der Waals surface area contributed by atoms with E-state index in [0.717, 1.165) is 24.5 Å². The van der Waals surface area contributed by atoms with Crippen LogP contribution in [-0.2, 0) is 0 Å². The van der Waals surface area contributed by atoms with Gasteiger partial charge < -0.3 is 5.73 Å². The van der Waals surface area contributed by atoms with Crippen LogP contribution in [0.5, 0.6) is 0 Å². The first-order valence-electron chi connectivity index (χ1n) is 8.30. The number of nitrogens with two attached hydrogens (primary N) is 1. The molecule has 0 aromatic rings. The highest BCUT2D eigenvalue weighted by Crippen LogP contribution is 2.42. The second-order valence-corrected chi connectivity index (χ2v) is 7.44. The summed E-state index contributed by atoms with van der Waals surface area (Å²) in [6.45, 7) is 10.6. The van der Waals surface area contributed by atoms with Gasteiger partial charge in [0.2, 0.25) is 0 Å².